The van der Waals surface area contributed by atoms with Crippen molar-refractivity contribution in [3.05, 3.63) is 83.4 Å². The van der Waals surface area contributed by atoms with Gasteiger partial charge in [-0.15, -0.1) is 0 Å². The Morgan fingerprint density at radius 2 is 1.73 bits per heavy atom. The van der Waals surface area contributed by atoms with Crippen molar-refractivity contribution in [2.75, 3.05) is 0 Å². The maximum Gasteiger partial charge on any atom is 0.328 e. The smallest absolute Gasteiger partial charge is 0.328 e. The van der Waals surface area contributed by atoms with Crippen LogP contribution >= 0.6 is 0 Å². The summed E-state index contributed by atoms with van der Waals surface area (Å²) in [5, 5.41) is 4.74. The van der Waals surface area contributed by atoms with E-state index < -0.39 is 12.0 Å². The zero-order valence-electron chi connectivity index (χ0n) is 14.9. The quantitative estimate of drug-likeness (QED) is 0.710. The molecule has 0 aromatic heterocycles. The number of aryl methyl sites for hydroxylation is 1. The Balaban J connectivity index is 1.59. The number of fused-ring (bicyclic) bond motifs is 1. The van der Waals surface area contributed by atoms with Crippen LogP contribution < -0.4 is 5.32 Å². The summed E-state index contributed by atoms with van der Waals surface area (Å²) in [5.41, 5.74) is 2.55. The number of ether oxygens (including phenoxy) is 1. The van der Waals surface area contributed by atoms with Crippen LogP contribution in [0.2, 0.25) is 0 Å². The number of hydrogen-bond acceptors (Lipinski definition) is 3. The van der Waals surface area contributed by atoms with E-state index in [1.165, 1.54) is 0 Å². The maximum atomic E-state index is 12.4. The molecule has 1 atom stereocenters. The Morgan fingerprint density at radius 3 is 2.50 bits per heavy atom. The van der Waals surface area contributed by atoms with Gasteiger partial charge < -0.3 is 10.1 Å². The molecule has 4 nitrogen and oxygen atoms in total. The predicted octanol–water partition coefficient (Wildman–Crippen LogP) is 4.01. The molecule has 3 rings (SSSR count). The third-order valence-corrected chi connectivity index (χ3v) is 4.18. The van der Waals surface area contributed by atoms with Crippen molar-refractivity contribution in [2.24, 2.45) is 0 Å². The first-order valence-electron chi connectivity index (χ1n) is 8.55. The number of esters is 1. The van der Waals surface area contributed by atoms with E-state index in [0.717, 1.165) is 21.9 Å². The van der Waals surface area contributed by atoms with E-state index >= 15 is 0 Å². The molecule has 4 heteroatoms. The first-order valence-corrected chi connectivity index (χ1v) is 8.55. The van der Waals surface area contributed by atoms with E-state index in [4.69, 9.17) is 4.74 Å². The van der Waals surface area contributed by atoms with Gasteiger partial charge in [0.05, 0.1) is 0 Å². The highest BCUT2D eigenvalue weighted by Crippen LogP contribution is 2.15. The Hall–Kier alpha value is -3.14. The molecule has 0 bridgehead atoms. The average Bonchev–Trinajstić information content (AvgIpc) is 2.65. The van der Waals surface area contributed by atoms with Gasteiger partial charge in [-0.2, -0.15) is 0 Å². The number of amides is 1. The van der Waals surface area contributed by atoms with Crippen LogP contribution in [0.4, 0.5) is 0 Å². The third kappa shape index (κ3) is 4.28. The molecule has 26 heavy (non-hydrogen) atoms. The number of carbonyl (C=O) groups is 2. The Morgan fingerprint density at radius 1 is 0.962 bits per heavy atom. The highest BCUT2D eigenvalue weighted by Gasteiger charge is 2.18. The molecule has 0 fully saturated rings. The minimum Gasteiger partial charge on any atom is -0.459 e. The number of rotatable bonds is 5. The second-order valence-electron chi connectivity index (χ2n) is 6.35. The van der Waals surface area contributed by atoms with E-state index in [9.17, 15) is 9.59 Å². The molecule has 132 valence electrons. The van der Waals surface area contributed by atoms with Crippen LogP contribution in [0.3, 0.4) is 0 Å². The average molecular weight is 347 g/mol. The van der Waals surface area contributed by atoms with Crippen LogP contribution in [0.1, 0.15) is 28.4 Å². The Kier molecular flexibility index (Phi) is 5.32. The van der Waals surface area contributed by atoms with Gasteiger partial charge in [0.1, 0.15) is 12.6 Å². The van der Waals surface area contributed by atoms with Crippen LogP contribution in [0.25, 0.3) is 10.8 Å². The number of benzene rings is 3. The first-order chi connectivity index (χ1) is 12.5. The summed E-state index contributed by atoms with van der Waals surface area (Å²) in [6.07, 6.45) is 0. The molecule has 0 aliphatic rings. The third-order valence-electron chi connectivity index (χ3n) is 4.18. The lowest BCUT2D eigenvalue weighted by atomic mass is 10.1. The second kappa shape index (κ2) is 7.83. The molecule has 0 radical (unpaired) electrons. The highest BCUT2D eigenvalue weighted by atomic mass is 16.5. The molecular formula is C22H21NO3. The summed E-state index contributed by atoms with van der Waals surface area (Å²) in [7, 11) is 0. The van der Waals surface area contributed by atoms with Crippen LogP contribution in [0, 0.1) is 6.92 Å². The van der Waals surface area contributed by atoms with Crippen LogP contribution in [0.15, 0.2) is 66.7 Å². The predicted molar refractivity (Wildman–Crippen MR) is 102 cm³/mol. The van der Waals surface area contributed by atoms with Gasteiger partial charge in [-0.1, -0.05) is 60.2 Å². The van der Waals surface area contributed by atoms with Crippen LogP contribution in [0.5, 0.6) is 0 Å². The molecule has 0 saturated heterocycles. The van der Waals surface area contributed by atoms with Crippen molar-refractivity contribution in [1.29, 1.82) is 0 Å². The van der Waals surface area contributed by atoms with E-state index in [0.29, 0.717) is 5.56 Å². The molecular weight excluding hydrogens is 326 g/mol. The molecule has 0 aliphatic heterocycles. The van der Waals surface area contributed by atoms with Gasteiger partial charge in [0.15, 0.2) is 0 Å². The van der Waals surface area contributed by atoms with Crippen molar-refractivity contribution in [3.63, 3.8) is 0 Å². The zero-order valence-corrected chi connectivity index (χ0v) is 14.9. The molecule has 0 saturated carbocycles. The number of hydrogen-bond donors (Lipinski definition) is 1. The monoisotopic (exact) mass is 347 g/mol. The molecule has 0 aliphatic carbocycles. The van der Waals surface area contributed by atoms with Crippen LogP contribution in [-0.4, -0.2) is 17.9 Å². The van der Waals surface area contributed by atoms with Crippen molar-refractivity contribution < 1.29 is 14.3 Å². The zero-order chi connectivity index (χ0) is 18.5. The Bertz CT molecular complexity index is 949. The molecule has 1 N–H and O–H groups in total. The van der Waals surface area contributed by atoms with Gasteiger partial charge in [-0.25, -0.2) is 4.79 Å². The van der Waals surface area contributed by atoms with Crippen molar-refractivity contribution in [1.82, 2.24) is 5.32 Å². The lowest BCUT2D eigenvalue weighted by Gasteiger charge is -2.14. The number of carbonyl (C=O) groups excluding carboxylic acids is 2. The van der Waals surface area contributed by atoms with Gasteiger partial charge in [0, 0.05) is 5.56 Å². The van der Waals surface area contributed by atoms with E-state index in [1.807, 2.05) is 67.6 Å². The van der Waals surface area contributed by atoms with Crippen LogP contribution in [-0.2, 0) is 16.1 Å². The fourth-order valence-corrected chi connectivity index (χ4v) is 2.75. The van der Waals surface area contributed by atoms with Gasteiger partial charge in [-0.3, -0.25) is 4.79 Å². The largest absolute Gasteiger partial charge is 0.459 e. The molecule has 0 unspecified atom stereocenters. The van der Waals surface area contributed by atoms with Crippen molar-refractivity contribution >= 4 is 22.6 Å². The van der Waals surface area contributed by atoms with Gasteiger partial charge in [-0.05, 0) is 42.3 Å². The van der Waals surface area contributed by atoms with E-state index in [-0.39, 0.29) is 12.5 Å². The summed E-state index contributed by atoms with van der Waals surface area (Å²) in [5.74, 6) is -0.753. The SMILES string of the molecule is Cc1cccc(COC(=O)[C@H](C)NC(=O)c2ccc3ccccc3c2)c1. The van der Waals surface area contributed by atoms with E-state index in [1.54, 1.807) is 13.0 Å². The van der Waals surface area contributed by atoms with Gasteiger partial charge in [0.25, 0.3) is 5.91 Å². The lowest BCUT2D eigenvalue weighted by molar-refractivity contribution is -0.146. The molecule has 3 aromatic carbocycles. The summed E-state index contributed by atoms with van der Waals surface area (Å²) in [6, 6.07) is 20.3. The van der Waals surface area contributed by atoms with Gasteiger partial charge >= 0.3 is 5.97 Å². The summed E-state index contributed by atoms with van der Waals surface area (Å²) in [4.78, 5) is 24.5. The summed E-state index contributed by atoms with van der Waals surface area (Å²) < 4.78 is 5.30. The first kappa shape index (κ1) is 17.7. The van der Waals surface area contributed by atoms with Gasteiger partial charge in [0.2, 0.25) is 0 Å². The molecule has 0 heterocycles. The highest BCUT2D eigenvalue weighted by molar-refractivity contribution is 6.00. The van der Waals surface area contributed by atoms with Crippen molar-refractivity contribution in [3.8, 4) is 0 Å². The topological polar surface area (TPSA) is 55.4 Å². The summed E-state index contributed by atoms with van der Waals surface area (Å²) >= 11 is 0. The molecule has 0 spiro atoms. The fourth-order valence-electron chi connectivity index (χ4n) is 2.75. The Labute approximate surface area is 152 Å². The van der Waals surface area contributed by atoms with E-state index in [2.05, 4.69) is 5.32 Å². The fraction of sp³-hybridized carbons (Fsp3) is 0.182. The normalized spacial score (nSPS) is 11.8. The maximum absolute atomic E-state index is 12.4. The molecule has 1 amide bonds. The minimum absolute atomic E-state index is 0.191. The summed E-state index contributed by atoms with van der Waals surface area (Å²) in [6.45, 7) is 3.80. The molecule has 3 aromatic rings. The van der Waals surface area contributed by atoms with Crippen molar-refractivity contribution in [2.45, 2.75) is 26.5 Å². The standard InChI is InChI=1S/C22H21NO3/c1-15-6-5-7-17(12-15)14-26-22(25)16(2)23-21(24)20-11-10-18-8-3-4-9-19(18)13-20/h3-13,16H,14H2,1-2H3,(H,23,24)/t16-/m0/s1. The minimum atomic E-state index is -0.723. The lowest BCUT2D eigenvalue weighted by Crippen LogP contribution is -2.39. The number of nitrogens with one attached hydrogen (secondary N) is 1. The second-order valence-corrected chi connectivity index (χ2v) is 6.35.